The number of furan rings is 1. The molecule has 0 atom stereocenters. The third-order valence-electron chi connectivity index (χ3n) is 4.76. The lowest BCUT2D eigenvalue weighted by Gasteiger charge is -2.10. The summed E-state index contributed by atoms with van der Waals surface area (Å²) >= 11 is 0. The van der Waals surface area contributed by atoms with Gasteiger partial charge in [0.2, 0.25) is 0 Å². The summed E-state index contributed by atoms with van der Waals surface area (Å²) in [4.78, 5) is 13.2. The third-order valence-corrected chi connectivity index (χ3v) is 4.76. The van der Waals surface area contributed by atoms with Gasteiger partial charge in [0.25, 0.3) is 5.91 Å². The molecule has 0 N–H and O–H groups in total. The minimum Gasteiger partial charge on any atom is -0.472 e. The second-order valence-electron chi connectivity index (χ2n) is 6.58. The molecule has 28 heavy (non-hydrogen) atoms. The lowest BCUT2D eigenvalue weighted by atomic mass is 10.0. The van der Waals surface area contributed by atoms with Crippen LogP contribution in [0.1, 0.15) is 11.1 Å². The summed E-state index contributed by atoms with van der Waals surface area (Å²) < 4.78 is 5.22. The van der Waals surface area contributed by atoms with E-state index in [1.54, 1.807) is 12.5 Å². The largest absolute Gasteiger partial charge is 0.472 e. The molecule has 4 aromatic rings. The average Bonchev–Trinajstić information content (AvgIpc) is 3.38. The van der Waals surface area contributed by atoms with Gasteiger partial charge in [-0.05, 0) is 46.7 Å². The normalized spacial score (nSPS) is 15.4. The minimum atomic E-state index is -0.157. The summed E-state index contributed by atoms with van der Waals surface area (Å²) in [6.07, 6.45) is 5.08. The zero-order chi connectivity index (χ0) is 18.9. The van der Waals surface area contributed by atoms with Crippen LogP contribution in [0.4, 0.5) is 5.69 Å². The highest BCUT2D eigenvalue weighted by molar-refractivity contribution is 6.37. The molecule has 1 aromatic heterocycles. The van der Waals surface area contributed by atoms with Gasteiger partial charge < -0.3 is 4.42 Å². The fourth-order valence-electron chi connectivity index (χ4n) is 3.37. The van der Waals surface area contributed by atoms with E-state index in [1.807, 2.05) is 60.7 Å². The molecule has 5 rings (SSSR count). The first kappa shape index (κ1) is 16.3. The van der Waals surface area contributed by atoms with Gasteiger partial charge >= 0.3 is 0 Å². The van der Waals surface area contributed by atoms with E-state index in [1.165, 1.54) is 5.01 Å². The van der Waals surface area contributed by atoms with Gasteiger partial charge in [-0.15, -0.1) is 0 Å². The van der Waals surface area contributed by atoms with Crippen molar-refractivity contribution in [3.63, 3.8) is 0 Å². The Kier molecular flexibility index (Phi) is 3.87. The Labute approximate surface area is 162 Å². The zero-order valence-corrected chi connectivity index (χ0v) is 14.9. The Morgan fingerprint density at radius 2 is 1.64 bits per heavy atom. The Balaban J connectivity index is 1.62. The standard InChI is InChI=1S/C24H16N2O2/c27-24-22(15-17-10-11-18-6-4-5-7-19(18)14-17)23(20-12-13-28-16-20)25-26(24)21-8-2-1-3-9-21/h1-16H/b22-15-. The molecule has 0 saturated heterocycles. The maximum Gasteiger partial charge on any atom is 0.281 e. The van der Waals surface area contributed by atoms with E-state index in [0.29, 0.717) is 11.3 Å². The summed E-state index contributed by atoms with van der Waals surface area (Å²) in [5.74, 6) is -0.157. The van der Waals surface area contributed by atoms with E-state index in [0.717, 1.165) is 27.6 Å². The number of benzene rings is 3. The number of amides is 1. The van der Waals surface area contributed by atoms with E-state index in [-0.39, 0.29) is 5.91 Å². The first-order valence-corrected chi connectivity index (χ1v) is 9.01. The minimum absolute atomic E-state index is 0.157. The van der Waals surface area contributed by atoms with Crippen LogP contribution in [0.25, 0.3) is 16.8 Å². The van der Waals surface area contributed by atoms with Crippen LogP contribution < -0.4 is 5.01 Å². The molecule has 4 nitrogen and oxygen atoms in total. The fraction of sp³-hybridized carbons (Fsp3) is 0. The van der Waals surface area contributed by atoms with Gasteiger partial charge in [0.05, 0.1) is 23.8 Å². The van der Waals surface area contributed by atoms with Gasteiger partial charge in [0, 0.05) is 5.56 Å². The molecule has 0 fully saturated rings. The molecule has 134 valence electrons. The lowest BCUT2D eigenvalue weighted by Crippen LogP contribution is -2.21. The third kappa shape index (κ3) is 2.81. The topological polar surface area (TPSA) is 45.8 Å². The summed E-state index contributed by atoms with van der Waals surface area (Å²) in [6, 6.07) is 25.6. The number of hydrogen-bond acceptors (Lipinski definition) is 3. The predicted octanol–water partition coefficient (Wildman–Crippen LogP) is 5.27. The molecular weight excluding hydrogens is 348 g/mol. The number of hydrazone groups is 1. The van der Waals surface area contributed by atoms with Crippen molar-refractivity contribution in [3.8, 4) is 0 Å². The van der Waals surface area contributed by atoms with Crippen molar-refractivity contribution in [2.45, 2.75) is 0 Å². The molecule has 4 heteroatoms. The van der Waals surface area contributed by atoms with Crippen LogP contribution in [0.5, 0.6) is 0 Å². The molecule has 1 aliphatic rings. The summed E-state index contributed by atoms with van der Waals surface area (Å²) in [5, 5.41) is 8.33. The van der Waals surface area contributed by atoms with E-state index in [4.69, 9.17) is 4.42 Å². The van der Waals surface area contributed by atoms with Crippen molar-refractivity contribution < 1.29 is 9.21 Å². The number of hydrogen-bond donors (Lipinski definition) is 0. The quantitative estimate of drug-likeness (QED) is 0.465. The zero-order valence-electron chi connectivity index (χ0n) is 14.9. The van der Waals surface area contributed by atoms with Gasteiger partial charge in [-0.1, -0.05) is 54.6 Å². The number of nitrogens with zero attached hydrogens (tertiary/aromatic N) is 2. The summed E-state index contributed by atoms with van der Waals surface area (Å²) in [6.45, 7) is 0. The van der Waals surface area contributed by atoms with Crippen LogP contribution in [0.15, 0.2) is 106 Å². The molecule has 0 saturated carbocycles. The molecule has 0 radical (unpaired) electrons. The highest BCUT2D eigenvalue weighted by Gasteiger charge is 2.32. The maximum absolute atomic E-state index is 13.2. The predicted molar refractivity (Wildman–Crippen MR) is 111 cm³/mol. The van der Waals surface area contributed by atoms with E-state index in [2.05, 4.69) is 29.4 Å². The van der Waals surface area contributed by atoms with Crippen LogP contribution in [-0.2, 0) is 4.79 Å². The molecule has 0 spiro atoms. The molecule has 1 amide bonds. The Bertz CT molecular complexity index is 1220. The van der Waals surface area contributed by atoms with Crippen molar-refractivity contribution >= 4 is 34.2 Å². The molecule has 0 unspecified atom stereocenters. The second-order valence-corrected chi connectivity index (χ2v) is 6.58. The monoisotopic (exact) mass is 364 g/mol. The fourth-order valence-corrected chi connectivity index (χ4v) is 3.37. The highest BCUT2D eigenvalue weighted by atomic mass is 16.3. The molecule has 3 aromatic carbocycles. The molecule has 0 bridgehead atoms. The SMILES string of the molecule is O=C1/C(=C\c2ccc3ccccc3c2)C(c2ccoc2)=NN1c1ccccc1. The van der Waals surface area contributed by atoms with Crippen molar-refractivity contribution in [2.75, 3.05) is 5.01 Å². The van der Waals surface area contributed by atoms with Crippen LogP contribution >= 0.6 is 0 Å². The van der Waals surface area contributed by atoms with Crippen molar-refractivity contribution in [1.29, 1.82) is 0 Å². The maximum atomic E-state index is 13.2. The Hall–Kier alpha value is -3.92. The molecular formula is C24H16N2O2. The summed E-state index contributed by atoms with van der Waals surface area (Å²) in [5.41, 5.74) is 3.61. The number of carbonyl (C=O) groups is 1. The second kappa shape index (κ2) is 6.67. The van der Waals surface area contributed by atoms with Gasteiger partial charge in [-0.3, -0.25) is 4.79 Å². The average molecular weight is 364 g/mol. The smallest absolute Gasteiger partial charge is 0.281 e. The molecule has 0 aliphatic carbocycles. The van der Waals surface area contributed by atoms with Crippen LogP contribution in [0.3, 0.4) is 0 Å². The van der Waals surface area contributed by atoms with E-state index >= 15 is 0 Å². The van der Waals surface area contributed by atoms with Crippen LogP contribution in [0.2, 0.25) is 0 Å². The first-order valence-electron chi connectivity index (χ1n) is 9.01. The van der Waals surface area contributed by atoms with Gasteiger partial charge in [0.1, 0.15) is 5.71 Å². The first-order chi connectivity index (χ1) is 13.8. The lowest BCUT2D eigenvalue weighted by molar-refractivity contribution is -0.114. The van der Waals surface area contributed by atoms with E-state index in [9.17, 15) is 4.79 Å². The number of fused-ring (bicyclic) bond motifs is 1. The Morgan fingerprint density at radius 3 is 2.43 bits per heavy atom. The number of para-hydroxylation sites is 1. The van der Waals surface area contributed by atoms with Gasteiger partial charge in [-0.25, -0.2) is 0 Å². The number of anilines is 1. The van der Waals surface area contributed by atoms with Crippen molar-refractivity contribution in [3.05, 3.63) is 108 Å². The van der Waals surface area contributed by atoms with Gasteiger partial charge in [0.15, 0.2) is 0 Å². The number of rotatable bonds is 3. The van der Waals surface area contributed by atoms with Gasteiger partial charge in [-0.2, -0.15) is 10.1 Å². The van der Waals surface area contributed by atoms with Crippen LogP contribution in [-0.4, -0.2) is 11.6 Å². The van der Waals surface area contributed by atoms with Crippen molar-refractivity contribution in [2.24, 2.45) is 5.10 Å². The van der Waals surface area contributed by atoms with Crippen molar-refractivity contribution in [1.82, 2.24) is 0 Å². The molecule has 2 heterocycles. The summed E-state index contributed by atoms with van der Waals surface area (Å²) in [7, 11) is 0. The van der Waals surface area contributed by atoms with E-state index < -0.39 is 0 Å². The van der Waals surface area contributed by atoms with Crippen LogP contribution in [0, 0.1) is 0 Å². The molecule has 1 aliphatic heterocycles. The highest BCUT2D eigenvalue weighted by Crippen LogP contribution is 2.28. The number of carbonyl (C=O) groups excluding carboxylic acids is 1. The Morgan fingerprint density at radius 1 is 0.857 bits per heavy atom.